The summed E-state index contributed by atoms with van der Waals surface area (Å²) in [6, 6.07) is 2.59. The summed E-state index contributed by atoms with van der Waals surface area (Å²) in [5.74, 6) is -0.0223. The van der Waals surface area contributed by atoms with Gasteiger partial charge in [0.1, 0.15) is 5.75 Å². The zero-order chi connectivity index (χ0) is 10.9. The quantitative estimate of drug-likeness (QED) is 0.778. The molecule has 0 bridgehead atoms. The number of hydrogen-bond acceptors (Lipinski definition) is 3. The molecule has 2 atom stereocenters. The second-order valence-corrected chi connectivity index (χ2v) is 4.27. The van der Waals surface area contributed by atoms with Crippen molar-refractivity contribution in [2.24, 2.45) is 5.73 Å². The zero-order valence-corrected chi connectivity index (χ0v) is 9.88. The molecule has 0 amide bonds. The van der Waals surface area contributed by atoms with Gasteiger partial charge in [-0.1, -0.05) is 17.7 Å². The predicted octanol–water partition coefficient (Wildman–Crippen LogP) is 2.19. The first-order chi connectivity index (χ1) is 6.45. The van der Waals surface area contributed by atoms with Gasteiger partial charge in [0.05, 0.1) is 21.6 Å². The normalized spacial score (nSPS) is 15.2. The molecule has 0 spiro atoms. The molecule has 0 aliphatic carbocycles. The van der Waals surface area contributed by atoms with E-state index >= 15 is 0 Å². The van der Waals surface area contributed by atoms with E-state index in [1.807, 2.05) is 0 Å². The third kappa shape index (κ3) is 2.20. The average molecular weight is 281 g/mol. The summed E-state index contributed by atoms with van der Waals surface area (Å²) < 4.78 is 0.396. The van der Waals surface area contributed by atoms with Crippen molar-refractivity contribution in [1.29, 1.82) is 0 Å². The Balaban J connectivity index is 3.17. The lowest BCUT2D eigenvalue weighted by Crippen LogP contribution is -2.23. The van der Waals surface area contributed by atoms with E-state index < -0.39 is 12.1 Å². The van der Waals surface area contributed by atoms with Crippen molar-refractivity contribution in [2.75, 3.05) is 0 Å². The zero-order valence-electron chi connectivity index (χ0n) is 7.54. The lowest BCUT2D eigenvalue weighted by Gasteiger charge is -2.17. The molecule has 3 nitrogen and oxygen atoms in total. The van der Waals surface area contributed by atoms with E-state index in [1.165, 1.54) is 0 Å². The Morgan fingerprint density at radius 3 is 2.57 bits per heavy atom. The number of halogens is 2. The van der Waals surface area contributed by atoms with Gasteiger partial charge in [-0.25, -0.2) is 0 Å². The molecule has 0 aromatic heterocycles. The maximum absolute atomic E-state index is 9.68. The Bertz CT molecular complexity index is 344. The van der Waals surface area contributed by atoms with Crippen molar-refractivity contribution in [3.05, 3.63) is 27.2 Å². The SMILES string of the molecule is CC(O)[C@@H](N)c1ccc(Cl)c(Br)c1O. The fourth-order valence-electron chi connectivity index (χ4n) is 1.08. The standard InChI is InChI=1S/C9H11BrClNO2/c1-4(13)8(12)5-2-3-6(11)7(10)9(5)14/h2-4,8,13-14H,12H2,1H3/t4?,8-/m1/s1. The molecular weight excluding hydrogens is 269 g/mol. The second kappa shape index (κ2) is 4.49. The van der Waals surface area contributed by atoms with Gasteiger partial charge in [0, 0.05) is 5.56 Å². The summed E-state index contributed by atoms with van der Waals surface area (Å²) in [5.41, 5.74) is 6.15. The van der Waals surface area contributed by atoms with Crippen LogP contribution in [0.3, 0.4) is 0 Å². The molecule has 0 fully saturated rings. The van der Waals surface area contributed by atoms with Gasteiger partial charge in [0.25, 0.3) is 0 Å². The van der Waals surface area contributed by atoms with E-state index in [-0.39, 0.29) is 5.75 Å². The molecule has 0 saturated carbocycles. The first-order valence-electron chi connectivity index (χ1n) is 4.05. The summed E-state index contributed by atoms with van der Waals surface area (Å²) in [6.45, 7) is 1.56. The largest absolute Gasteiger partial charge is 0.506 e. The number of benzene rings is 1. The summed E-state index contributed by atoms with van der Waals surface area (Å²) >= 11 is 8.89. The highest BCUT2D eigenvalue weighted by molar-refractivity contribution is 9.10. The summed E-state index contributed by atoms with van der Waals surface area (Å²) in [7, 11) is 0. The molecule has 4 N–H and O–H groups in total. The lowest BCUT2D eigenvalue weighted by atomic mass is 10.0. The Morgan fingerprint density at radius 1 is 1.50 bits per heavy atom. The van der Waals surface area contributed by atoms with Crippen molar-refractivity contribution < 1.29 is 10.2 Å². The second-order valence-electron chi connectivity index (χ2n) is 3.07. The summed E-state index contributed by atoms with van der Waals surface area (Å²) in [6.07, 6.45) is -0.728. The summed E-state index contributed by atoms with van der Waals surface area (Å²) in [5, 5.41) is 19.4. The van der Waals surface area contributed by atoms with Crippen LogP contribution in [0.1, 0.15) is 18.5 Å². The van der Waals surface area contributed by atoms with Crippen molar-refractivity contribution in [1.82, 2.24) is 0 Å². The number of rotatable bonds is 2. The molecule has 1 aromatic carbocycles. The van der Waals surface area contributed by atoms with Crippen LogP contribution < -0.4 is 5.73 Å². The highest BCUT2D eigenvalue weighted by atomic mass is 79.9. The number of aromatic hydroxyl groups is 1. The van der Waals surface area contributed by atoms with Crippen molar-refractivity contribution in [3.8, 4) is 5.75 Å². The van der Waals surface area contributed by atoms with Gasteiger partial charge in [-0.15, -0.1) is 0 Å². The first-order valence-corrected chi connectivity index (χ1v) is 5.22. The molecule has 0 saturated heterocycles. The average Bonchev–Trinajstić information content (AvgIpc) is 2.13. The van der Waals surface area contributed by atoms with Gasteiger partial charge in [0.2, 0.25) is 0 Å². The van der Waals surface area contributed by atoms with Gasteiger partial charge >= 0.3 is 0 Å². The minimum absolute atomic E-state index is 0.0223. The minimum Gasteiger partial charge on any atom is -0.506 e. The van der Waals surface area contributed by atoms with E-state index in [4.69, 9.17) is 17.3 Å². The van der Waals surface area contributed by atoms with Crippen molar-refractivity contribution >= 4 is 27.5 Å². The number of aliphatic hydroxyl groups excluding tert-OH is 1. The lowest BCUT2D eigenvalue weighted by molar-refractivity contribution is 0.163. The van der Waals surface area contributed by atoms with Crippen molar-refractivity contribution in [3.63, 3.8) is 0 Å². The van der Waals surface area contributed by atoms with Gasteiger partial charge in [-0.3, -0.25) is 0 Å². The maximum atomic E-state index is 9.68. The highest BCUT2D eigenvalue weighted by Gasteiger charge is 2.18. The fraction of sp³-hybridized carbons (Fsp3) is 0.333. The van der Waals surface area contributed by atoms with Crippen LogP contribution in [-0.2, 0) is 0 Å². The maximum Gasteiger partial charge on any atom is 0.136 e. The number of phenolic OH excluding ortho intramolecular Hbond substituents is 1. The van der Waals surface area contributed by atoms with Crippen LogP contribution in [0.4, 0.5) is 0 Å². The first kappa shape index (κ1) is 11.8. The Kier molecular flexibility index (Phi) is 3.78. The third-order valence-electron chi connectivity index (χ3n) is 1.98. The van der Waals surface area contributed by atoms with Gasteiger partial charge < -0.3 is 15.9 Å². The van der Waals surface area contributed by atoms with Crippen LogP contribution in [0, 0.1) is 0 Å². The Labute approximate surface area is 95.6 Å². The molecule has 0 aliphatic rings. The molecule has 1 rings (SSSR count). The van der Waals surface area contributed by atoms with E-state index in [2.05, 4.69) is 15.9 Å². The predicted molar refractivity (Wildman–Crippen MR) is 59.4 cm³/mol. The molecule has 5 heteroatoms. The molecule has 0 radical (unpaired) electrons. The van der Waals surface area contributed by atoms with E-state index in [1.54, 1.807) is 19.1 Å². The molecular formula is C9H11BrClNO2. The topological polar surface area (TPSA) is 66.5 Å². The Morgan fingerprint density at radius 2 is 2.07 bits per heavy atom. The van der Waals surface area contributed by atoms with E-state index in [0.717, 1.165) is 0 Å². The molecule has 1 unspecified atom stereocenters. The summed E-state index contributed by atoms with van der Waals surface area (Å²) in [4.78, 5) is 0. The number of aliphatic hydroxyl groups is 1. The van der Waals surface area contributed by atoms with Crippen molar-refractivity contribution in [2.45, 2.75) is 19.1 Å². The molecule has 14 heavy (non-hydrogen) atoms. The van der Waals surface area contributed by atoms with Crippen LogP contribution in [-0.4, -0.2) is 16.3 Å². The Hall–Kier alpha value is -0.290. The van der Waals surface area contributed by atoms with E-state index in [0.29, 0.717) is 15.1 Å². The van der Waals surface area contributed by atoms with Crippen LogP contribution in [0.2, 0.25) is 5.02 Å². The minimum atomic E-state index is -0.728. The number of nitrogens with two attached hydrogens (primary N) is 1. The molecule has 0 aliphatic heterocycles. The van der Waals surface area contributed by atoms with E-state index in [9.17, 15) is 10.2 Å². The van der Waals surface area contributed by atoms with Crippen LogP contribution in [0.5, 0.6) is 5.75 Å². The van der Waals surface area contributed by atoms with Crippen LogP contribution >= 0.6 is 27.5 Å². The van der Waals surface area contributed by atoms with Gasteiger partial charge in [0.15, 0.2) is 0 Å². The van der Waals surface area contributed by atoms with Crippen LogP contribution in [0.15, 0.2) is 16.6 Å². The monoisotopic (exact) mass is 279 g/mol. The molecule has 78 valence electrons. The van der Waals surface area contributed by atoms with Crippen LogP contribution in [0.25, 0.3) is 0 Å². The highest BCUT2D eigenvalue weighted by Crippen LogP contribution is 2.37. The van der Waals surface area contributed by atoms with Gasteiger partial charge in [-0.05, 0) is 28.9 Å². The molecule has 1 aromatic rings. The third-order valence-corrected chi connectivity index (χ3v) is 3.33. The smallest absolute Gasteiger partial charge is 0.136 e. The molecule has 0 heterocycles. The number of hydrogen-bond donors (Lipinski definition) is 3. The number of phenols is 1. The fourth-order valence-corrected chi connectivity index (χ4v) is 1.60. The van der Waals surface area contributed by atoms with Gasteiger partial charge in [-0.2, -0.15) is 0 Å².